The highest BCUT2D eigenvalue weighted by Gasteiger charge is 2.05. The van der Waals surface area contributed by atoms with E-state index in [1.807, 2.05) is 34.0 Å². The van der Waals surface area contributed by atoms with E-state index in [2.05, 4.69) is 0 Å². The summed E-state index contributed by atoms with van der Waals surface area (Å²) in [4.78, 5) is 0. The van der Waals surface area contributed by atoms with E-state index in [1.54, 1.807) is 0 Å². The van der Waals surface area contributed by atoms with Gasteiger partial charge in [0.1, 0.15) is 0 Å². The lowest BCUT2D eigenvalue weighted by Crippen LogP contribution is -2.03. The molecule has 0 heterocycles. The van der Waals surface area contributed by atoms with Crippen LogP contribution in [0.15, 0.2) is 30.3 Å². The number of para-hydroxylation sites is 1. The molecule has 0 amide bonds. The normalized spacial score (nSPS) is 10.0. The lowest BCUT2D eigenvalue weighted by molar-refractivity contribution is 1.60. The maximum Gasteiger partial charge on any atom is 0.0889 e. The fraction of sp³-hybridized carbons (Fsp3) is 0.250. The van der Waals surface area contributed by atoms with Crippen LogP contribution in [-0.2, 0) is 0 Å². The second kappa shape index (κ2) is 6.71. The molecule has 0 radical (unpaired) electrons. The summed E-state index contributed by atoms with van der Waals surface area (Å²) in [5.41, 5.74) is 1.11. The Hall–Kier alpha value is 0.300. The van der Waals surface area contributed by atoms with Gasteiger partial charge in [0.2, 0.25) is 0 Å². The molecule has 0 fully saturated rings. The number of hydrogen-bond acceptors (Lipinski definition) is 3. The van der Waals surface area contributed by atoms with E-state index in [4.69, 9.17) is 23.2 Å². The lowest BCUT2D eigenvalue weighted by Gasteiger charge is -2.18. The van der Waals surface area contributed by atoms with Crippen LogP contribution < -0.4 is 3.71 Å². The monoisotopic (exact) mass is 253 g/mol. The molecule has 0 aromatic heterocycles. The summed E-state index contributed by atoms with van der Waals surface area (Å²) >= 11 is 14.4. The molecule has 13 heavy (non-hydrogen) atoms. The minimum absolute atomic E-state index is 0.527. The SMILES string of the molecule is ClCSN(SCCl)c1ccccc1. The van der Waals surface area contributed by atoms with Crippen LogP contribution in [0.1, 0.15) is 0 Å². The Morgan fingerprint density at radius 3 is 2.00 bits per heavy atom. The molecule has 0 aliphatic carbocycles. The van der Waals surface area contributed by atoms with Gasteiger partial charge in [-0.05, 0) is 36.0 Å². The van der Waals surface area contributed by atoms with Gasteiger partial charge in [-0.3, -0.25) is 3.71 Å². The van der Waals surface area contributed by atoms with Gasteiger partial charge < -0.3 is 0 Å². The molecule has 0 atom stereocenters. The topological polar surface area (TPSA) is 3.24 Å². The summed E-state index contributed by atoms with van der Waals surface area (Å²) in [6, 6.07) is 10.0. The highest BCUT2D eigenvalue weighted by atomic mass is 35.5. The van der Waals surface area contributed by atoms with Crippen molar-refractivity contribution in [3.63, 3.8) is 0 Å². The van der Waals surface area contributed by atoms with Crippen molar-refractivity contribution < 1.29 is 0 Å². The van der Waals surface area contributed by atoms with Crippen molar-refractivity contribution in [2.75, 3.05) is 14.1 Å². The number of nitrogens with zero attached hydrogens (tertiary/aromatic N) is 1. The van der Waals surface area contributed by atoms with Gasteiger partial charge >= 0.3 is 0 Å². The van der Waals surface area contributed by atoms with Crippen LogP contribution in [0, 0.1) is 0 Å². The third-order valence-electron chi connectivity index (χ3n) is 1.30. The smallest absolute Gasteiger partial charge is 0.0889 e. The first-order chi connectivity index (χ1) is 6.38. The number of benzene rings is 1. The van der Waals surface area contributed by atoms with Gasteiger partial charge in [-0.1, -0.05) is 18.2 Å². The van der Waals surface area contributed by atoms with E-state index < -0.39 is 0 Å². The molecule has 1 rings (SSSR count). The summed E-state index contributed by atoms with van der Waals surface area (Å²) in [6.07, 6.45) is 0. The van der Waals surface area contributed by atoms with Crippen molar-refractivity contribution in [3.8, 4) is 0 Å². The molecule has 1 aromatic carbocycles. The molecule has 0 aliphatic rings. The fourth-order valence-electron chi connectivity index (χ4n) is 0.825. The van der Waals surface area contributed by atoms with Gasteiger partial charge in [0, 0.05) is 0 Å². The van der Waals surface area contributed by atoms with Crippen molar-refractivity contribution in [3.05, 3.63) is 30.3 Å². The van der Waals surface area contributed by atoms with Crippen LogP contribution in [-0.4, -0.2) is 10.4 Å². The van der Waals surface area contributed by atoms with E-state index >= 15 is 0 Å². The van der Waals surface area contributed by atoms with Crippen LogP contribution in [0.2, 0.25) is 0 Å². The van der Waals surface area contributed by atoms with Crippen LogP contribution in [0.3, 0.4) is 0 Å². The van der Waals surface area contributed by atoms with Gasteiger partial charge in [0.25, 0.3) is 0 Å². The van der Waals surface area contributed by atoms with E-state index in [9.17, 15) is 0 Å². The van der Waals surface area contributed by atoms with Crippen LogP contribution >= 0.6 is 47.1 Å². The van der Waals surface area contributed by atoms with Crippen molar-refractivity contribution in [2.45, 2.75) is 0 Å². The van der Waals surface area contributed by atoms with Crippen molar-refractivity contribution in [1.82, 2.24) is 0 Å². The lowest BCUT2D eigenvalue weighted by atomic mass is 10.3. The predicted molar refractivity (Wildman–Crippen MR) is 65.5 cm³/mol. The Kier molecular flexibility index (Phi) is 5.87. The minimum Gasteiger partial charge on any atom is -0.256 e. The Bertz CT molecular complexity index is 227. The van der Waals surface area contributed by atoms with E-state index in [0.29, 0.717) is 10.4 Å². The first-order valence-corrected chi connectivity index (χ1v) is 6.57. The summed E-state index contributed by atoms with van der Waals surface area (Å²) in [5.74, 6) is 0. The molecular formula is C8H9Cl2NS2. The maximum atomic E-state index is 5.65. The van der Waals surface area contributed by atoms with Crippen LogP contribution in [0.4, 0.5) is 5.69 Å². The van der Waals surface area contributed by atoms with E-state index in [1.165, 1.54) is 23.9 Å². The summed E-state index contributed by atoms with van der Waals surface area (Å²) in [5, 5.41) is 1.05. The Balaban J connectivity index is 2.64. The molecule has 0 unspecified atom stereocenters. The minimum atomic E-state index is 0.527. The molecule has 0 saturated carbocycles. The van der Waals surface area contributed by atoms with E-state index in [0.717, 1.165) is 5.69 Å². The third kappa shape index (κ3) is 3.90. The average Bonchev–Trinajstić information content (AvgIpc) is 2.19. The molecule has 72 valence electrons. The molecular weight excluding hydrogens is 245 g/mol. The zero-order chi connectivity index (χ0) is 9.52. The van der Waals surface area contributed by atoms with Gasteiger partial charge in [-0.2, -0.15) is 0 Å². The second-order valence-corrected chi connectivity index (χ2v) is 5.29. The average molecular weight is 254 g/mol. The molecule has 0 saturated heterocycles. The van der Waals surface area contributed by atoms with Gasteiger partial charge in [0.05, 0.1) is 16.1 Å². The molecule has 1 aromatic rings. The largest absolute Gasteiger partial charge is 0.256 e. The molecule has 0 N–H and O–H groups in total. The number of anilines is 1. The Morgan fingerprint density at radius 1 is 1.00 bits per heavy atom. The quantitative estimate of drug-likeness (QED) is 0.573. The molecule has 0 aliphatic heterocycles. The maximum absolute atomic E-state index is 5.65. The zero-order valence-electron chi connectivity index (χ0n) is 6.82. The van der Waals surface area contributed by atoms with Crippen LogP contribution in [0.25, 0.3) is 0 Å². The molecule has 0 spiro atoms. The van der Waals surface area contributed by atoms with Crippen LogP contribution in [0.5, 0.6) is 0 Å². The summed E-state index contributed by atoms with van der Waals surface area (Å²) < 4.78 is 2.01. The summed E-state index contributed by atoms with van der Waals surface area (Å²) in [7, 11) is 0. The number of rotatable bonds is 5. The Morgan fingerprint density at radius 2 is 1.54 bits per heavy atom. The fourth-order valence-corrected chi connectivity index (χ4v) is 3.09. The van der Waals surface area contributed by atoms with Gasteiger partial charge in [-0.15, -0.1) is 23.2 Å². The van der Waals surface area contributed by atoms with Crippen molar-refractivity contribution in [1.29, 1.82) is 0 Å². The highest BCUT2D eigenvalue weighted by molar-refractivity contribution is 8.19. The highest BCUT2D eigenvalue weighted by Crippen LogP contribution is 2.30. The van der Waals surface area contributed by atoms with Crippen molar-refractivity contribution in [2.24, 2.45) is 0 Å². The molecule has 0 bridgehead atoms. The molecule has 5 heteroatoms. The number of hydrogen-bond donors (Lipinski definition) is 0. The zero-order valence-corrected chi connectivity index (χ0v) is 9.97. The van der Waals surface area contributed by atoms with E-state index in [-0.39, 0.29) is 0 Å². The first-order valence-electron chi connectivity index (χ1n) is 3.61. The number of alkyl halides is 2. The Labute approximate surface area is 97.0 Å². The standard InChI is InChI=1S/C8H9Cl2NS2/c9-6-12-11(13-7-10)8-4-2-1-3-5-8/h1-5H,6-7H2. The first kappa shape index (κ1) is 11.4. The third-order valence-corrected chi connectivity index (χ3v) is 3.60. The van der Waals surface area contributed by atoms with Crippen molar-refractivity contribution >= 4 is 52.8 Å². The second-order valence-electron chi connectivity index (χ2n) is 2.07. The predicted octanol–water partition coefficient (Wildman–Crippen LogP) is 4.18. The number of halogens is 2. The van der Waals surface area contributed by atoms with Gasteiger partial charge in [-0.25, -0.2) is 0 Å². The summed E-state index contributed by atoms with van der Waals surface area (Å²) in [6.45, 7) is 0. The van der Waals surface area contributed by atoms with Gasteiger partial charge in [0.15, 0.2) is 0 Å². The molecule has 1 nitrogen and oxygen atoms in total.